The van der Waals surface area contributed by atoms with Crippen LogP contribution in [-0.4, -0.2) is 63.3 Å². The van der Waals surface area contributed by atoms with E-state index in [2.05, 4.69) is 10.2 Å². The molecule has 0 bridgehead atoms. The molecule has 0 N–H and O–H groups in total. The lowest BCUT2D eigenvalue weighted by Crippen LogP contribution is -2.47. The van der Waals surface area contributed by atoms with Crippen molar-refractivity contribution >= 4 is 27.5 Å². The van der Waals surface area contributed by atoms with Crippen LogP contribution in [0.4, 0.5) is 0 Å². The van der Waals surface area contributed by atoms with Crippen molar-refractivity contribution < 1.29 is 13.2 Å². The number of hydrogen-bond donors (Lipinski definition) is 0. The van der Waals surface area contributed by atoms with E-state index >= 15 is 0 Å². The quantitative estimate of drug-likeness (QED) is 0.650. The Morgan fingerprint density at radius 2 is 1.97 bits per heavy atom. The Morgan fingerprint density at radius 3 is 2.66 bits per heavy atom. The van der Waals surface area contributed by atoms with Crippen LogP contribution in [0.15, 0.2) is 35.7 Å². The largest absolute Gasteiger partial charge is 0.335 e. The van der Waals surface area contributed by atoms with Crippen molar-refractivity contribution in [2.75, 3.05) is 17.3 Å². The fourth-order valence-corrected chi connectivity index (χ4v) is 6.91. The zero-order valence-corrected chi connectivity index (χ0v) is 18.2. The number of benzene rings is 1. The summed E-state index contributed by atoms with van der Waals surface area (Å²) < 4.78 is 25.9. The normalized spacial score (nSPS) is 21.5. The summed E-state index contributed by atoms with van der Waals surface area (Å²) in [6, 6.07) is 7.94. The molecule has 1 unspecified atom stereocenters. The second-order valence-corrected chi connectivity index (χ2v) is 11.0. The number of amides is 1. The molecule has 0 radical (unpaired) electrons. The molecule has 1 saturated heterocycles. The summed E-state index contributed by atoms with van der Waals surface area (Å²) in [5.74, 6) is 0.517. The van der Waals surface area contributed by atoms with Gasteiger partial charge in [0, 0.05) is 12.1 Å². The van der Waals surface area contributed by atoms with Gasteiger partial charge in [-0.3, -0.25) is 9.36 Å². The highest BCUT2D eigenvalue weighted by atomic mass is 32.2. The van der Waals surface area contributed by atoms with Crippen molar-refractivity contribution in [3.63, 3.8) is 0 Å². The maximum Gasteiger partial charge on any atom is 0.233 e. The summed E-state index contributed by atoms with van der Waals surface area (Å²) in [5, 5.41) is 8.88. The van der Waals surface area contributed by atoms with Gasteiger partial charge >= 0.3 is 0 Å². The Balaban J connectivity index is 1.49. The van der Waals surface area contributed by atoms with Crippen LogP contribution in [0.3, 0.4) is 0 Å². The van der Waals surface area contributed by atoms with E-state index in [1.165, 1.54) is 11.8 Å². The fraction of sp³-hybridized carbons (Fsp3) is 0.550. The summed E-state index contributed by atoms with van der Waals surface area (Å²) >= 11 is 1.36. The van der Waals surface area contributed by atoms with Crippen LogP contribution >= 0.6 is 11.8 Å². The van der Waals surface area contributed by atoms with E-state index in [1.807, 2.05) is 40.7 Å². The van der Waals surface area contributed by atoms with Crippen molar-refractivity contribution in [2.24, 2.45) is 0 Å². The van der Waals surface area contributed by atoms with Crippen LogP contribution in [-0.2, 0) is 14.6 Å². The summed E-state index contributed by atoms with van der Waals surface area (Å²) in [6.07, 6.45) is 6.34. The van der Waals surface area contributed by atoms with Gasteiger partial charge in [-0.05, 0) is 37.8 Å². The third-order valence-corrected chi connectivity index (χ3v) is 8.50. The van der Waals surface area contributed by atoms with E-state index in [0.29, 0.717) is 11.6 Å². The highest BCUT2D eigenvalue weighted by Crippen LogP contribution is 2.30. The molecule has 29 heavy (non-hydrogen) atoms. The highest BCUT2D eigenvalue weighted by Gasteiger charge is 2.38. The number of carbonyl (C=O) groups excluding carboxylic acids is 1. The summed E-state index contributed by atoms with van der Waals surface area (Å²) in [5.41, 5.74) is 2.09. The SMILES string of the molecule is Cc1ccccc1-n1cnnc1SCC(=O)N(C1CCCC1)C1CCS(=O)(=O)C1. The predicted molar refractivity (Wildman–Crippen MR) is 113 cm³/mol. The highest BCUT2D eigenvalue weighted by molar-refractivity contribution is 7.99. The topological polar surface area (TPSA) is 85.2 Å². The third kappa shape index (κ3) is 4.50. The molecule has 0 spiro atoms. The number of nitrogens with zero attached hydrogens (tertiary/aromatic N) is 4. The van der Waals surface area contributed by atoms with Gasteiger partial charge in [0.15, 0.2) is 15.0 Å². The van der Waals surface area contributed by atoms with Gasteiger partial charge in [0.05, 0.1) is 22.9 Å². The van der Waals surface area contributed by atoms with Gasteiger partial charge in [-0.2, -0.15) is 0 Å². The molecule has 1 aliphatic carbocycles. The summed E-state index contributed by atoms with van der Waals surface area (Å²) in [7, 11) is -3.04. The first kappa shape index (κ1) is 20.4. The molecule has 1 atom stereocenters. The van der Waals surface area contributed by atoms with E-state index < -0.39 is 9.84 Å². The van der Waals surface area contributed by atoms with E-state index in [-0.39, 0.29) is 35.2 Å². The number of sulfone groups is 1. The predicted octanol–water partition coefficient (Wildman–Crippen LogP) is 2.63. The molecule has 1 aromatic heterocycles. The summed E-state index contributed by atoms with van der Waals surface area (Å²) in [6.45, 7) is 2.03. The molecule has 4 rings (SSSR count). The lowest BCUT2D eigenvalue weighted by Gasteiger charge is -2.34. The lowest BCUT2D eigenvalue weighted by atomic mass is 10.1. The van der Waals surface area contributed by atoms with Crippen LogP contribution in [0.1, 0.15) is 37.7 Å². The van der Waals surface area contributed by atoms with E-state index in [4.69, 9.17) is 0 Å². The van der Waals surface area contributed by atoms with Gasteiger partial charge in [0.25, 0.3) is 0 Å². The first-order valence-corrected chi connectivity index (χ1v) is 12.9. The van der Waals surface area contributed by atoms with Crippen molar-refractivity contribution in [1.29, 1.82) is 0 Å². The van der Waals surface area contributed by atoms with Crippen molar-refractivity contribution in [1.82, 2.24) is 19.7 Å². The number of hydrogen-bond acceptors (Lipinski definition) is 6. The average Bonchev–Trinajstić information content (AvgIpc) is 3.42. The Labute approximate surface area is 175 Å². The van der Waals surface area contributed by atoms with Crippen LogP contribution in [0, 0.1) is 6.92 Å². The zero-order valence-electron chi connectivity index (χ0n) is 16.5. The minimum absolute atomic E-state index is 0.00309. The van der Waals surface area contributed by atoms with Crippen molar-refractivity contribution in [3.05, 3.63) is 36.2 Å². The van der Waals surface area contributed by atoms with Crippen molar-refractivity contribution in [3.8, 4) is 5.69 Å². The molecule has 1 saturated carbocycles. The van der Waals surface area contributed by atoms with Crippen LogP contribution in [0.25, 0.3) is 5.69 Å². The lowest BCUT2D eigenvalue weighted by molar-refractivity contribution is -0.132. The monoisotopic (exact) mass is 434 g/mol. The van der Waals surface area contributed by atoms with E-state index in [9.17, 15) is 13.2 Å². The Kier molecular flexibility index (Phi) is 5.96. The number of rotatable bonds is 6. The first-order valence-electron chi connectivity index (χ1n) is 10.0. The maximum absolute atomic E-state index is 13.2. The smallest absolute Gasteiger partial charge is 0.233 e. The van der Waals surface area contributed by atoms with Crippen LogP contribution in [0.2, 0.25) is 0 Å². The summed E-state index contributed by atoms with van der Waals surface area (Å²) in [4.78, 5) is 15.1. The van der Waals surface area contributed by atoms with Gasteiger partial charge in [-0.15, -0.1) is 10.2 Å². The second-order valence-electron chi connectivity index (χ2n) is 7.85. The van der Waals surface area contributed by atoms with Gasteiger partial charge in [0.1, 0.15) is 6.33 Å². The molecule has 1 amide bonds. The molecular formula is C20H26N4O3S2. The minimum Gasteiger partial charge on any atom is -0.335 e. The van der Waals surface area contributed by atoms with Crippen LogP contribution < -0.4 is 0 Å². The molecule has 156 valence electrons. The standard InChI is InChI=1S/C20H26N4O3S2/c1-15-6-2-5-9-18(15)23-14-21-22-20(23)28-12-19(25)24(16-7-3-4-8-16)17-10-11-29(26,27)13-17/h2,5-6,9,14,16-17H,3-4,7-8,10-13H2,1H3. The molecular weight excluding hydrogens is 408 g/mol. The van der Waals surface area contributed by atoms with Gasteiger partial charge < -0.3 is 4.90 Å². The number of aromatic nitrogens is 3. The molecule has 2 heterocycles. The maximum atomic E-state index is 13.2. The van der Waals surface area contributed by atoms with E-state index in [0.717, 1.165) is 36.9 Å². The van der Waals surface area contributed by atoms with Crippen molar-refractivity contribution in [2.45, 2.75) is 56.3 Å². The Hall–Kier alpha value is -1.87. The Bertz CT molecular complexity index is 983. The second kappa shape index (κ2) is 8.47. The minimum atomic E-state index is -3.04. The zero-order chi connectivity index (χ0) is 20.4. The number of thioether (sulfide) groups is 1. The molecule has 2 aromatic rings. The number of aryl methyl sites for hydroxylation is 1. The molecule has 2 fully saturated rings. The van der Waals surface area contributed by atoms with Crippen LogP contribution in [0.5, 0.6) is 0 Å². The van der Waals surface area contributed by atoms with E-state index in [1.54, 1.807) is 6.33 Å². The molecule has 7 nitrogen and oxygen atoms in total. The third-order valence-electron chi connectivity index (χ3n) is 5.82. The molecule has 9 heteroatoms. The number of para-hydroxylation sites is 1. The van der Waals surface area contributed by atoms with Gasteiger partial charge in [-0.25, -0.2) is 8.42 Å². The fourth-order valence-electron chi connectivity index (χ4n) is 4.41. The molecule has 1 aromatic carbocycles. The number of carbonyl (C=O) groups is 1. The Morgan fingerprint density at radius 1 is 1.21 bits per heavy atom. The molecule has 1 aliphatic heterocycles. The average molecular weight is 435 g/mol. The molecule has 2 aliphatic rings. The first-order chi connectivity index (χ1) is 13.9. The van der Waals surface area contributed by atoms with Gasteiger partial charge in [0.2, 0.25) is 5.91 Å². The van der Waals surface area contributed by atoms with Gasteiger partial charge in [-0.1, -0.05) is 42.8 Å².